The molecule has 0 saturated carbocycles. The van der Waals surface area contributed by atoms with Gasteiger partial charge >= 0.3 is 0 Å². The van der Waals surface area contributed by atoms with Crippen molar-refractivity contribution in [3.8, 4) is 18.1 Å². The Labute approximate surface area is 199 Å². The van der Waals surface area contributed by atoms with Gasteiger partial charge in [-0.25, -0.2) is 5.43 Å². The number of carbonyl (C=O) groups is 2. The van der Waals surface area contributed by atoms with Gasteiger partial charge in [0.15, 0.2) is 0 Å². The summed E-state index contributed by atoms with van der Waals surface area (Å²) in [5.41, 5.74) is 3.28. The summed E-state index contributed by atoms with van der Waals surface area (Å²) in [5, 5.41) is 7.28. The second kappa shape index (κ2) is 11.8. The van der Waals surface area contributed by atoms with Crippen LogP contribution >= 0.6 is 39.1 Å². The van der Waals surface area contributed by atoms with E-state index >= 15 is 0 Å². The Bertz CT molecular complexity index is 1040. The fraction of sp³-hybridized carbons (Fsp3) is 0.227. The van der Waals surface area contributed by atoms with E-state index in [0.717, 1.165) is 4.47 Å². The van der Waals surface area contributed by atoms with Gasteiger partial charge in [-0.15, -0.1) is 6.42 Å². The van der Waals surface area contributed by atoms with Crippen LogP contribution in [0.2, 0.25) is 10.0 Å². The summed E-state index contributed by atoms with van der Waals surface area (Å²) in [4.78, 5) is 25.2. The standard InChI is InChI=1S/C22H20BrCl2N3O3/c1-4-9-31-19-8-5-15(23)10-14(19)12-26-28-22(30)20(13(2)3)27-21(29)17-7-6-16(24)11-18(17)25/h1,5-8,10-13,20H,9H2,2-3H3,(H,27,29)(H,28,30)/b26-12+. The quantitative estimate of drug-likeness (QED) is 0.299. The topological polar surface area (TPSA) is 79.8 Å². The minimum absolute atomic E-state index is 0.101. The van der Waals surface area contributed by atoms with E-state index in [2.05, 4.69) is 37.7 Å². The van der Waals surface area contributed by atoms with Gasteiger partial charge in [-0.2, -0.15) is 5.10 Å². The van der Waals surface area contributed by atoms with Gasteiger partial charge in [0.2, 0.25) is 0 Å². The molecule has 2 N–H and O–H groups in total. The predicted molar refractivity (Wildman–Crippen MR) is 127 cm³/mol. The van der Waals surface area contributed by atoms with Gasteiger partial charge < -0.3 is 10.1 Å². The number of nitrogens with zero attached hydrogens (tertiary/aromatic N) is 1. The molecule has 0 aromatic heterocycles. The van der Waals surface area contributed by atoms with Gasteiger partial charge in [-0.05, 0) is 42.3 Å². The molecular weight excluding hydrogens is 505 g/mol. The average Bonchev–Trinajstić information content (AvgIpc) is 2.70. The van der Waals surface area contributed by atoms with Crippen LogP contribution in [0, 0.1) is 18.3 Å². The Morgan fingerprint density at radius 2 is 2.00 bits per heavy atom. The molecule has 6 nitrogen and oxygen atoms in total. The van der Waals surface area contributed by atoms with Crippen molar-refractivity contribution in [3.63, 3.8) is 0 Å². The van der Waals surface area contributed by atoms with Crippen molar-refractivity contribution in [2.75, 3.05) is 6.61 Å². The lowest BCUT2D eigenvalue weighted by molar-refractivity contribution is -0.123. The fourth-order valence-electron chi connectivity index (χ4n) is 2.53. The fourth-order valence-corrected chi connectivity index (χ4v) is 3.41. The highest BCUT2D eigenvalue weighted by Crippen LogP contribution is 2.22. The molecule has 0 aliphatic heterocycles. The number of terminal acetylenes is 1. The van der Waals surface area contributed by atoms with E-state index in [9.17, 15) is 9.59 Å². The SMILES string of the molecule is C#CCOc1ccc(Br)cc1/C=N/NC(=O)C(NC(=O)c1ccc(Cl)cc1Cl)C(C)C. The number of hydrazone groups is 1. The summed E-state index contributed by atoms with van der Waals surface area (Å²) >= 11 is 15.3. The maximum atomic E-state index is 12.6. The number of nitrogens with one attached hydrogen (secondary N) is 2. The lowest BCUT2D eigenvalue weighted by Crippen LogP contribution is -2.48. The van der Waals surface area contributed by atoms with Crippen LogP contribution in [0.15, 0.2) is 46.0 Å². The number of ether oxygens (including phenoxy) is 1. The van der Waals surface area contributed by atoms with Crippen LogP contribution in [0.1, 0.15) is 29.8 Å². The molecule has 0 fully saturated rings. The van der Waals surface area contributed by atoms with Crippen molar-refractivity contribution in [1.29, 1.82) is 0 Å². The average molecular weight is 525 g/mol. The zero-order valence-corrected chi connectivity index (χ0v) is 19.9. The van der Waals surface area contributed by atoms with Crippen molar-refractivity contribution in [3.05, 3.63) is 62.0 Å². The predicted octanol–water partition coefficient (Wildman–Crippen LogP) is 4.67. The highest BCUT2D eigenvalue weighted by molar-refractivity contribution is 9.10. The van der Waals surface area contributed by atoms with E-state index in [1.54, 1.807) is 38.1 Å². The van der Waals surface area contributed by atoms with E-state index < -0.39 is 17.9 Å². The van der Waals surface area contributed by atoms with Gasteiger partial charge in [0.05, 0.1) is 16.8 Å². The molecule has 0 spiro atoms. The molecule has 1 unspecified atom stereocenters. The van der Waals surface area contributed by atoms with Crippen LogP contribution < -0.4 is 15.5 Å². The molecule has 2 aromatic carbocycles. The Morgan fingerprint density at radius 1 is 1.26 bits per heavy atom. The summed E-state index contributed by atoms with van der Waals surface area (Å²) in [7, 11) is 0. The number of amides is 2. The molecule has 0 heterocycles. The minimum atomic E-state index is -0.837. The van der Waals surface area contributed by atoms with Crippen molar-refractivity contribution in [2.24, 2.45) is 11.0 Å². The Balaban J connectivity index is 2.10. The number of rotatable bonds is 8. The molecule has 162 valence electrons. The lowest BCUT2D eigenvalue weighted by atomic mass is 10.0. The molecule has 0 radical (unpaired) electrons. The van der Waals surface area contributed by atoms with E-state index in [1.165, 1.54) is 18.3 Å². The number of hydrogen-bond donors (Lipinski definition) is 2. The molecule has 0 saturated heterocycles. The summed E-state index contributed by atoms with van der Waals surface area (Å²) in [6.45, 7) is 3.71. The second-order valence-corrected chi connectivity index (χ2v) is 8.49. The maximum Gasteiger partial charge on any atom is 0.262 e. The van der Waals surface area contributed by atoms with Crippen molar-refractivity contribution in [2.45, 2.75) is 19.9 Å². The zero-order valence-electron chi connectivity index (χ0n) is 16.8. The van der Waals surface area contributed by atoms with Crippen LogP contribution in [0.25, 0.3) is 0 Å². The third kappa shape index (κ3) is 7.28. The molecular formula is C22H20BrCl2N3O3. The van der Waals surface area contributed by atoms with E-state index in [4.69, 9.17) is 34.4 Å². The van der Waals surface area contributed by atoms with Gasteiger partial charge in [-0.3, -0.25) is 9.59 Å². The smallest absolute Gasteiger partial charge is 0.262 e. The van der Waals surface area contributed by atoms with Crippen LogP contribution in [-0.2, 0) is 4.79 Å². The Kier molecular flexibility index (Phi) is 9.38. The molecule has 31 heavy (non-hydrogen) atoms. The first-order valence-corrected chi connectivity index (χ1v) is 10.7. The molecule has 9 heteroatoms. The van der Waals surface area contributed by atoms with Crippen molar-refractivity contribution >= 4 is 57.2 Å². The van der Waals surface area contributed by atoms with Gasteiger partial charge in [0.25, 0.3) is 11.8 Å². The summed E-state index contributed by atoms with van der Waals surface area (Å²) in [6.07, 6.45) is 6.67. The molecule has 0 aliphatic carbocycles. The lowest BCUT2D eigenvalue weighted by Gasteiger charge is -2.20. The van der Waals surface area contributed by atoms with E-state index in [1.807, 2.05) is 0 Å². The monoisotopic (exact) mass is 523 g/mol. The van der Waals surface area contributed by atoms with Gasteiger partial charge in [-0.1, -0.05) is 58.9 Å². The van der Waals surface area contributed by atoms with Crippen LogP contribution in [0.3, 0.4) is 0 Å². The third-order valence-corrected chi connectivity index (χ3v) is 5.11. The Hall–Kier alpha value is -2.53. The van der Waals surface area contributed by atoms with Crippen molar-refractivity contribution in [1.82, 2.24) is 10.7 Å². The second-order valence-electron chi connectivity index (χ2n) is 6.73. The van der Waals surface area contributed by atoms with Crippen molar-refractivity contribution < 1.29 is 14.3 Å². The molecule has 2 rings (SSSR count). The largest absolute Gasteiger partial charge is 0.480 e. The summed E-state index contributed by atoms with van der Waals surface area (Å²) < 4.78 is 6.27. The maximum absolute atomic E-state index is 12.6. The van der Waals surface area contributed by atoms with Crippen LogP contribution in [0.5, 0.6) is 5.75 Å². The Morgan fingerprint density at radius 3 is 2.65 bits per heavy atom. The minimum Gasteiger partial charge on any atom is -0.480 e. The third-order valence-electron chi connectivity index (χ3n) is 4.07. The highest BCUT2D eigenvalue weighted by atomic mass is 79.9. The first-order valence-electron chi connectivity index (χ1n) is 9.17. The van der Waals surface area contributed by atoms with Gasteiger partial charge in [0, 0.05) is 15.1 Å². The number of hydrogen-bond acceptors (Lipinski definition) is 4. The zero-order chi connectivity index (χ0) is 23.0. The molecule has 2 amide bonds. The molecule has 0 aliphatic rings. The highest BCUT2D eigenvalue weighted by Gasteiger charge is 2.25. The van der Waals surface area contributed by atoms with E-state index in [-0.39, 0.29) is 23.1 Å². The van der Waals surface area contributed by atoms with Crippen LogP contribution in [0.4, 0.5) is 0 Å². The molecule has 1 atom stereocenters. The summed E-state index contributed by atoms with van der Waals surface area (Å²) in [5.74, 6) is 1.74. The van der Waals surface area contributed by atoms with Gasteiger partial charge in [0.1, 0.15) is 18.4 Å². The number of halogens is 3. The van der Waals surface area contributed by atoms with E-state index in [0.29, 0.717) is 16.3 Å². The normalized spacial score (nSPS) is 11.8. The first kappa shape index (κ1) is 24.7. The number of carbonyl (C=O) groups excluding carboxylic acids is 2. The first-order chi connectivity index (χ1) is 14.7. The van der Waals surface area contributed by atoms with Crippen LogP contribution in [-0.4, -0.2) is 30.7 Å². The molecule has 2 aromatic rings. The summed E-state index contributed by atoms with van der Waals surface area (Å²) in [6, 6.07) is 8.98. The number of benzene rings is 2. The molecule has 0 bridgehead atoms.